The predicted molar refractivity (Wildman–Crippen MR) is 116 cm³/mol. The SMILES string of the molecule is COC1NC(C)C(C(=O)N[C@@H]2CC(NC(=O)COc3ccc(Cl)c(F)c3)C3CC2C3)S1. The average Bonchev–Trinajstić information content (AvgIpc) is 3.09. The van der Waals surface area contributed by atoms with Crippen LogP contribution in [0.5, 0.6) is 5.75 Å². The van der Waals surface area contributed by atoms with Gasteiger partial charge in [-0.2, -0.15) is 0 Å². The number of halogens is 2. The highest BCUT2D eigenvalue weighted by molar-refractivity contribution is 8.01. The summed E-state index contributed by atoms with van der Waals surface area (Å²) >= 11 is 7.14. The summed E-state index contributed by atoms with van der Waals surface area (Å²) in [4.78, 5) is 25.2. The Kier molecular flexibility index (Phi) is 6.95. The number of fused-ring (bicyclic) bond motifs is 2. The third-order valence-corrected chi connectivity index (χ3v) is 8.19. The summed E-state index contributed by atoms with van der Waals surface area (Å²) < 4.78 is 24.2. The van der Waals surface area contributed by atoms with Gasteiger partial charge in [0.25, 0.3) is 5.91 Å². The number of ether oxygens (including phenoxy) is 2. The second-order valence-electron chi connectivity index (χ2n) is 8.46. The molecule has 2 bridgehead atoms. The maximum Gasteiger partial charge on any atom is 0.258 e. The number of amides is 2. The zero-order chi connectivity index (χ0) is 22.1. The van der Waals surface area contributed by atoms with Crippen LogP contribution in [0, 0.1) is 17.7 Å². The van der Waals surface area contributed by atoms with Gasteiger partial charge in [0, 0.05) is 31.3 Å². The molecule has 0 spiro atoms. The first-order valence-electron chi connectivity index (χ1n) is 10.5. The van der Waals surface area contributed by atoms with E-state index in [1.807, 2.05) is 6.92 Å². The summed E-state index contributed by atoms with van der Waals surface area (Å²) in [5.74, 6) is 0.298. The van der Waals surface area contributed by atoms with Crippen molar-refractivity contribution in [3.8, 4) is 5.75 Å². The van der Waals surface area contributed by atoms with Crippen molar-refractivity contribution in [1.82, 2.24) is 16.0 Å². The summed E-state index contributed by atoms with van der Waals surface area (Å²) in [6, 6.07) is 4.13. The number of rotatable bonds is 7. The van der Waals surface area contributed by atoms with Gasteiger partial charge in [0.15, 0.2) is 12.2 Å². The van der Waals surface area contributed by atoms with Crippen LogP contribution in [0.15, 0.2) is 18.2 Å². The van der Waals surface area contributed by atoms with E-state index in [0.717, 1.165) is 18.9 Å². The highest BCUT2D eigenvalue weighted by atomic mass is 35.5. The number of benzene rings is 1. The molecular weight excluding hydrogens is 445 g/mol. The number of carbonyl (C=O) groups excluding carboxylic acids is 2. The van der Waals surface area contributed by atoms with E-state index in [1.54, 1.807) is 7.11 Å². The summed E-state index contributed by atoms with van der Waals surface area (Å²) in [5.41, 5.74) is -0.175. The number of hydrogen-bond donors (Lipinski definition) is 3. The normalized spacial score (nSPS) is 34.0. The van der Waals surface area contributed by atoms with Crippen LogP contribution in [-0.2, 0) is 14.3 Å². The van der Waals surface area contributed by atoms with Crippen LogP contribution in [0.3, 0.4) is 0 Å². The molecular formula is C21H27ClFN3O4S. The Labute approximate surface area is 190 Å². The molecule has 4 aliphatic rings. The minimum absolute atomic E-state index is 0.00514. The topological polar surface area (TPSA) is 88.7 Å². The Morgan fingerprint density at radius 1 is 1.23 bits per heavy atom. The maximum absolute atomic E-state index is 13.5. The van der Waals surface area contributed by atoms with Crippen LogP contribution in [-0.4, -0.2) is 54.5 Å². The zero-order valence-corrected chi connectivity index (χ0v) is 19.0. The number of hydrogen-bond acceptors (Lipinski definition) is 6. The molecule has 170 valence electrons. The molecule has 4 unspecified atom stereocenters. The lowest BCUT2D eigenvalue weighted by Gasteiger charge is -2.51. The Bertz CT molecular complexity index is 841. The van der Waals surface area contributed by atoms with Crippen molar-refractivity contribution in [3.05, 3.63) is 29.0 Å². The Balaban J connectivity index is 1.27. The molecule has 7 nitrogen and oxygen atoms in total. The van der Waals surface area contributed by atoms with Crippen molar-refractivity contribution in [2.45, 2.75) is 55.1 Å². The van der Waals surface area contributed by atoms with Gasteiger partial charge >= 0.3 is 0 Å². The van der Waals surface area contributed by atoms with Gasteiger partial charge in [-0.1, -0.05) is 23.4 Å². The summed E-state index contributed by atoms with van der Waals surface area (Å²) in [7, 11) is 1.62. The molecule has 1 heterocycles. The van der Waals surface area contributed by atoms with E-state index in [1.165, 1.54) is 23.9 Å². The molecule has 1 saturated heterocycles. The predicted octanol–water partition coefficient (Wildman–Crippen LogP) is 2.28. The molecule has 0 aromatic heterocycles. The van der Waals surface area contributed by atoms with Gasteiger partial charge in [-0.3, -0.25) is 14.9 Å². The first kappa shape index (κ1) is 22.6. The van der Waals surface area contributed by atoms with Gasteiger partial charge in [-0.15, -0.1) is 0 Å². The highest BCUT2D eigenvalue weighted by Gasteiger charge is 2.48. The molecule has 5 atom stereocenters. The van der Waals surface area contributed by atoms with Gasteiger partial charge in [-0.25, -0.2) is 4.39 Å². The van der Waals surface area contributed by atoms with Gasteiger partial charge in [0.1, 0.15) is 16.8 Å². The van der Waals surface area contributed by atoms with Crippen LogP contribution in [0.1, 0.15) is 26.2 Å². The maximum atomic E-state index is 13.5. The van der Waals surface area contributed by atoms with Crippen LogP contribution < -0.4 is 20.7 Å². The van der Waals surface area contributed by atoms with Gasteiger partial charge < -0.3 is 20.1 Å². The minimum atomic E-state index is -0.590. The molecule has 0 radical (unpaired) electrons. The quantitative estimate of drug-likeness (QED) is 0.565. The molecule has 31 heavy (non-hydrogen) atoms. The van der Waals surface area contributed by atoms with Gasteiger partial charge in [0.2, 0.25) is 5.91 Å². The van der Waals surface area contributed by atoms with E-state index >= 15 is 0 Å². The van der Waals surface area contributed by atoms with Crippen LogP contribution >= 0.6 is 23.4 Å². The Morgan fingerprint density at radius 3 is 2.58 bits per heavy atom. The Morgan fingerprint density at radius 2 is 1.94 bits per heavy atom. The summed E-state index contributed by atoms with van der Waals surface area (Å²) in [6.45, 7) is 1.77. The lowest BCUT2D eigenvalue weighted by atomic mass is 9.60. The van der Waals surface area contributed by atoms with Gasteiger partial charge in [0.05, 0.1) is 5.02 Å². The standard InChI is InChI=1S/C21H27ClFN3O4S/c1-10-19(31-21(24-10)29-2)20(28)26-17-8-16(11-5-12(17)6-11)25-18(27)9-30-13-3-4-14(22)15(23)7-13/h3-4,7,10-12,16-17,19,21,24H,5-6,8-9H2,1-2H3,(H,25,27)(H,26,28)/t10?,11?,12?,16?,17-,19?,21?/m1/s1. The number of thioether (sulfide) groups is 1. The fraction of sp³-hybridized carbons (Fsp3) is 0.619. The van der Waals surface area contributed by atoms with E-state index < -0.39 is 5.82 Å². The Hall–Kier alpha value is -1.55. The molecule has 4 fully saturated rings. The minimum Gasteiger partial charge on any atom is -0.484 e. The first-order chi connectivity index (χ1) is 14.8. The highest BCUT2D eigenvalue weighted by Crippen LogP contribution is 2.46. The second kappa shape index (κ2) is 9.52. The van der Waals surface area contributed by atoms with Gasteiger partial charge in [-0.05, 0) is 50.2 Å². The lowest BCUT2D eigenvalue weighted by molar-refractivity contribution is -0.126. The average molecular weight is 472 g/mol. The molecule has 1 aromatic carbocycles. The first-order valence-corrected chi connectivity index (χ1v) is 11.8. The van der Waals surface area contributed by atoms with Crippen molar-refractivity contribution in [3.63, 3.8) is 0 Å². The molecule has 1 aliphatic heterocycles. The van der Waals surface area contributed by atoms with Crippen molar-refractivity contribution < 1.29 is 23.5 Å². The van der Waals surface area contributed by atoms with Crippen molar-refractivity contribution >= 4 is 35.2 Å². The monoisotopic (exact) mass is 471 g/mol. The zero-order valence-electron chi connectivity index (χ0n) is 17.4. The van der Waals surface area contributed by atoms with Crippen molar-refractivity contribution in [2.24, 2.45) is 11.8 Å². The third kappa shape index (κ3) is 5.10. The van der Waals surface area contributed by atoms with Crippen molar-refractivity contribution in [2.75, 3.05) is 13.7 Å². The van der Waals surface area contributed by atoms with E-state index in [9.17, 15) is 14.0 Å². The number of methoxy groups -OCH3 is 1. The number of nitrogens with one attached hydrogen (secondary N) is 3. The van der Waals surface area contributed by atoms with Crippen LogP contribution in [0.2, 0.25) is 5.02 Å². The molecule has 3 N–H and O–H groups in total. The van der Waals surface area contributed by atoms with Crippen molar-refractivity contribution in [1.29, 1.82) is 0 Å². The molecule has 10 heteroatoms. The van der Waals surface area contributed by atoms with Crippen LogP contribution in [0.25, 0.3) is 0 Å². The fourth-order valence-corrected chi connectivity index (χ4v) is 5.91. The smallest absolute Gasteiger partial charge is 0.258 e. The van der Waals surface area contributed by atoms with E-state index in [-0.39, 0.29) is 58.1 Å². The fourth-order valence-electron chi connectivity index (χ4n) is 4.61. The van der Waals surface area contributed by atoms with E-state index in [0.29, 0.717) is 18.3 Å². The summed E-state index contributed by atoms with van der Waals surface area (Å²) in [6.07, 6.45) is 2.69. The lowest BCUT2D eigenvalue weighted by Crippen LogP contribution is -2.61. The summed E-state index contributed by atoms with van der Waals surface area (Å²) in [5, 5.41) is 9.27. The molecule has 1 aromatic rings. The molecule has 3 aliphatic carbocycles. The van der Waals surface area contributed by atoms with E-state index in [2.05, 4.69) is 16.0 Å². The second-order valence-corrected chi connectivity index (χ2v) is 10.1. The largest absolute Gasteiger partial charge is 0.484 e. The molecule has 3 saturated carbocycles. The number of carbonyl (C=O) groups is 2. The third-order valence-electron chi connectivity index (χ3n) is 6.39. The van der Waals surface area contributed by atoms with Crippen LogP contribution in [0.4, 0.5) is 4.39 Å². The molecule has 2 amide bonds. The van der Waals surface area contributed by atoms with E-state index in [4.69, 9.17) is 21.1 Å². The molecule has 5 rings (SSSR count).